The molecule has 0 aliphatic rings. The van der Waals surface area contributed by atoms with Gasteiger partial charge in [0, 0.05) is 13.1 Å². The predicted molar refractivity (Wildman–Crippen MR) is 70.9 cm³/mol. The summed E-state index contributed by atoms with van der Waals surface area (Å²) in [6.07, 6.45) is 0. The number of rotatable bonds is 7. The molecular formula is C13H28N2O2. The normalized spacial score (nSPS) is 14.2. The number of likely N-dealkylation sites (N-methyl/N-ethyl adjacent to an activating group) is 1. The van der Waals surface area contributed by atoms with Crippen LogP contribution in [0.3, 0.4) is 0 Å². The Morgan fingerprint density at radius 1 is 1.35 bits per heavy atom. The van der Waals surface area contributed by atoms with Crippen LogP contribution in [0, 0.1) is 5.92 Å². The number of hydrogen-bond donors (Lipinski definition) is 2. The van der Waals surface area contributed by atoms with E-state index in [4.69, 9.17) is 0 Å². The van der Waals surface area contributed by atoms with Crippen molar-refractivity contribution >= 4 is 5.91 Å². The van der Waals surface area contributed by atoms with Crippen LogP contribution in [-0.4, -0.2) is 47.2 Å². The Balaban J connectivity index is 4.32. The van der Waals surface area contributed by atoms with Gasteiger partial charge in [-0.2, -0.15) is 0 Å². The molecule has 4 heteroatoms. The van der Waals surface area contributed by atoms with E-state index in [9.17, 15) is 9.90 Å². The van der Waals surface area contributed by atoms with Gasteiger partial charge in [-0.15, -0.1) is 0 Å². The first-order valence-electron chi connectivity index (χ1n) is 6.41. The highest BCUT2D eigenvalue weighted by Gasteiger charge is 2.25. The van der Waals surface area contributed by atoms with Gasteiger partial charge in [0.25, 0.3) is 0 Å². The standard InChI is InChI=1S/C13H28N2O2/c1-7-15(9-13(5,6)17)11(4)12(16)14-8-10(2)3/h10-11,17H,7-9H2,1-6H3,(H,14,16). The lowest BCUT2D eigenvalue weighted by atomic mass is 10.1. The van der Waals surface area contributed by atoms with Crippen molar-refractivity contribution in [2.24, 2.45) is 5.92 Å². The lowest BCUT2D eigenvalue weighted by Gasteiger charge is -2.32. The summed E-state index contributed by atoms with van der Waals surface area (Å²) in [7, 11) is 0. The molecule has 1 amide bonds. The van der Waals surface area contributed by atoms with Gasteiger partial charge < -0.3 is 10.4 Å². The lowest BCUT2D eigenvalue weighted by Crippen LogP contribution is -2.50. The predicted octanol–water partition coefficient (Wildman–Crippen LogP) is 1.24. The highest BCUT2D eigenvalue weighted by molar-refractivity contribution is 5.81. The number of carbonyl (C=O) groups is 1. The van der Waals surface area contributed by atoms with Crippen molar-refractivity contribution in [1.82, 2.24) is 10.2 Å². The molecule has 102 valence electrons. The van der Waals surface area contributed by atoms with Gasteiger partial charge in [-0.3, -0.25) is 9.69 Å². The molecule has 0 fully saturated rings. The molecule has 0 rings (SSSR count). The summed E-state index contributed by atoms with van der Waals surface area (Å²) in [5.41, 5.74) is -0.775. The minimum absolute atomic E-state index is 0.0322. The Labute approximate surface area is 105 Å². The van der Waals surface area contributed by atoms with E-state index in [2.05, 4.69) is 19.2 Å². The second-order valence-electron chi connectivity index (χ2n) is 5.69. The van der Waals surface area contributed by atoms with Crippen molar-refractivity contribution < 1.29 is 9.90 Å². The third-order valence-corrected chi connectivity index (χ3v) is 2.61. The first-order valence-corrected chi connectivity index (χ1v) is 6.41. The highest BCUT2D eigenvalue weighted by atomic mass is 16.3. The lowest BCUT2D eigenvalue weighted by molar-refractivity contribution is -0.126. The average Bonchev–Trinajstić information content (AvgIpc) is 2.20. The number of hydrogen-bond acceptors (Lipinski definition) is 3. The Morgan fingerprint density at radius 3 is 2.24 bits per heavy atom. The van der Waals surface area contributed by atoms with E-state index in [0.29, 0.717) is 19.0 Å². The van der Waals surface area contributed by atoms with Crippen molar-refractivity contribution in [1.29, 1.82) is 0 Å². The number of nitrogens with one attached hydrogen (secondary N) is 1. The van der Waals surface area contributed by atoms with Crippen LogP contribution in [0.25, 0.3) is 0 Å². The van der Waals surface area contributed by atoms with Crippen molar-refractivity contribution in [2.75, 3.05) is 19.6 Å². The van der Waals surface area contributed by atoms with Crippen LogP contribution in [-0.2, 0) is 4.79 Å². The van der Waals surface area contributed by atoms with Gasteiger partial charge >= 0.3 is 0 Å². The van der Waals surface area contributed by atoms with Gasteiger partial charge in [0.2, 0.25) is 5.91 Å². The maximum atomic E-state index is 11.9. The van der Waals surface area contributed by atoms with Crippen LogP contribution >= 0.6 is 0 Å². The average molecular weight is 244 g/mol. The summed E-state index contributed by atoms with van der Waals surface area (Å²) in [5.74, 6) is 0.486. The second-order valence-corrected chi connectivity index (χ2v) is 5.69. The SMILES string of the molecule is CCN(CC(C)(C)O)C(C)C(=O)NCC(C)C. The zero-order valence-electron chi connectivity index (χ0n) is 12.1. The summed E-state index contributed by atoms with van der Waals surface area (Å²) >= 11 is 0. The first kappa shape index (κ1) is 16.4. The molecule has 0 spiro atoms. The maximum absolute atomic E-state index is 11.9. The Kier molecular flexibility index (Phi) is 6.72. The number of amides is 1. The third kappa shape index (κ3) is 7.34. The minimum Gasteiger partial charge on any atom is -0.389 e. The van der Waals surface area contributed by atoms with Crippen molar-refractivity contribution in [3.63, 3.8) is 0 Å². The van der Waals surface area contributed by atoms with Crippen LogP contribution in [0.4, 0.5) is 0 Å². The molecule has 2 N–H and O–H groups in total. The van der Waals surface area contributed by atoms with Crippen LogP contribution in [0.5, 0.6) is 0 Å². The van der Waals surface area contributed by atoms with E-state index >= 15 is 0 Å². The van der Waals surface area contributed by atoms with Crippen molar-refractivity contribution in [3.8, 4) is 0 Å². The molecule has 0 aromatic rings. The molecule has 0 aliphatic heterocycles. The van der Waals surface area contributed by atoms with E-state index in [1.54, 1.807) is 13.8 Å². The fraction of sp³-hybridized carbons (Fsp3) is 0.923. The number of nitrogens with zero attached hydrogens (tertiary/aromatic N) is 1. The Bertz CT molecular complexity index is 234. The molecule has 0 heterocycles. The third-order valence-electron chi connectivity index (χ3n) is 2.61. The maximum Gasteiger partial charge on any atom is 0.237 e. The second kappa shape index (κ2) is 6.97. The topological polar surface area (TPSA) is 52.6 Å². The van der Waals surface area contributed by atoms with E-state index in [-0.39, 0.29) is 11.9 Å². The first-order chi connectivity index (χ1) is 7.67. The molecule has 0 saturated heterocycles. The van der Waals surface area contributed by atoms with Crippen LogP contribution in [0.15, 0.2) is 0 Å². The molecule has 0 saturated carbocycles. The minimum atomic E-state index is -0.775. The number of aliphatic hydroxyl groups is 1. The highest BCUT2D eigenvalue weighted by Crippen LogP contribution is 2.08. The van der Waals surface area contributed by atoms with E-state index in [0.717, 1.165) is 6.54 Å². The Hall–Kier alpha value is -0.610. The van der Waals surface area contributed by atoms with Gasteiger partial charge in [-0.05, 0) is 33.2 Å². The van der Waals surface area contributed by atoms with E-state index < -0.39 is 5.60 Å². The van der Waals surface area contributed by atoms with Gasteiger partial charge in [-0.1, -0.05) is 20.8 Å². The molecule has 0 aromatic heterocycles. The van der Waals surface area contributed by atoms with Gasteiger partial charge in [0.15, 0.2) is 0 Å². The largest absolute Gasteiger partial charge is 0.389 e. The quantitative estimate of drug-likeness (QED) is 0.708. The summed E-state index contributed by atoms with van der Waals surface area (Å²) in [5, 5.41) is 12.7. The van der Waals surface area contributed by atoms with Gasteiger partial charge in [-0.25, -0.2) is 0 Å². The molecule has 0 radical (unpaired) electrons. The summed E-state index contributed by atoms with van der Waals surface area (Å²) in [4.78, 5) is 13.9. The van der Waals surface area contributed by atoms with Crippen LogP contribution in [0.1, 0.15) is 41.5 Å². The van der Waals surface area contributed by atoms with E-state index in [1.807, 2.05) is 18.7 Å². The van der Waals surface area contributed by atoms with Gasteiger partial charge in [0.05, 0.1) is 11.6 Å². The van der Waals surface area contributed by atoms with Crippen LogP contribution < -0.4 is 5.32 Å². The summed E-state index contributed by atoms with van der Waals surface area (Å²) in [6.45, 7) is 13.5. The zero-order valence-corrected chi connectivity index (χ0v) is 12.1. The molecular weight excluding hydrogens is 216 g/mol. The smallest absolute Gasteiger partial charge is 0.237 e. The molecule has 1 unspecified atom stereocenters. The number of carbonyl (C=O) groups excluding carboxylic acids is 1. The molecule has 1 atom stereocenters. The Morgan fingerprint density at radius 2 is 1.88 bits per heavy atom. The summed E-state index contributed by atoms with van der Waals surface area (Å²) in [6, 6.07) is -0.204. The fourth-order valence-electron chi connectivity index (χ4n) is 1.64. The molecule has 0 bridgehead atoms. The van der Waals surface area contributed by atoms with Crippen molar-refractivity contribution in [3.05, 3.63) is 0 Å². The van der Waals surface area contributed by atoms with Gasteiger partial charge in [0.1, 0.15) is 0 Å². The fourth-order valence-corrected chi connectivity index (χ4v) is 1.64. The van der Waals surface area contributed by atoms with E-state index in [1.165, 1.54) is 0 Å². The van der Waals surface area contributed by atoms with Crippen LogP contribution in [0.2, 0.25) is 0 Å². The zero-order chi connectivity index (χ0) is 13.6. The monoisotopic (exact) mass is 244 g/mol. The molecule has 17 heavy (non-hydrogen) atoms. The van der Waals surface area contributed by atoms with Crippen molar-refractivity contribution in [2.45, 2.75) is 53.2 Å². The molecule has 0 aliphatic carbocycles. The summed E-state index contributed by atoms with van der Waals surface area (Å²) < 4.78 is 0. The molecule has 4 nitrogen and oxygen atoms in total. The molecule has 0 aromatic carbocycles.